The highest BCUT2D eigenvalue weighted by Gasteiger charge is 2.14. The van der Waals surface area contributed by atoms with Gasteiger partial charge in [-0.25, -0.2) is 0 Å². The topological polar surface area (TPSA) is 55.4 Å². The third-order valence-electron chi connectivity index (χ3n) is 6.26. The second-order valence-electron chi connectivity index (χ2n) is 8.39. The Labute approximate surface area is 184 Å². The molecule has 0 radical (unpaired) electrons. The lowest BCUT2D eigenvalue weighted by molar-refractivity contribution is 0.257. The van der Waals surface area contributed by atoms with Crippen LogP contribution < -0.4 is 4.90 Å². The Morgan fingerprint density at radius 2 is 1.74 bits per heavy atom. The zero-order valence-electron chi connectivity index (χ0n) is 18.3. The molecule has 5 nitrogen and oxygen atoms in total. The van der Waals surface area contributed by atoms with Crippen molar-refractivity contribution in [3.8, 4) is 17.3 Å². The van der Waals surface area contributed by atoms with Gasteiger partial charge < -0.3 is 19.5 Å². The lowest BCUT2D eigenvalue weighted by Gasteiger charge is -2.34. The predicted molar refractivity (Wildman–Crippen MR) is 128 cm³/mol. The molecular weight excluding hydrogens is 384 g/mol. The van der Waals surface area contributed by atoms with E-state index < -0.39 is 0 Å². The van der Waals surface area contributed by atoms with Gasteiger partial charge in [-0.3, -0.25) is 0 Å². The molecule has 1 aliphatic heterocycles. The predicted octanol–water partition coefficient (Wildman–Crippen LogP) is 4.13. The summed E-state index contributed by atoms with van der Waals surface area (Å²) in [7, 11) is 4.24. The van der Waals surface area contributed by atoms with E-state index >= 15 is 0 Å². The average molecular weight is 415 g/mol. The fourth-order valence-corrected chi connectivity index (χ4v) is 4.16. The number of aromatic nitrogens is 1. The molecule has 31 heavy (non-hydrogen) atoms. The van der Waals surface area contributed by atoms with Crippen molar-refractivity contribution in [3.63, 3.8) is 0 Å². The number of piperazine rings is 1. The Bertz CT molecular complexity index is 1120. The van der Waals surface area contributed by atoms with Gasteiger partial charge in [-0.15, -0.1) is 0 Å². The van der Waals surface area contributed by atoms with Crippen LogP contribution >= 0.6 is 0 Å². The molecule has 3 aromatic rings. The summed E-state index contributed by atoms with van der Waals surface area (Å²) in [6.45, 7) is 4.27. The first-order valence-corrected chi connectivity index (χ1v) is 10.9. The van der Waals surface area contributed by atoms with Crippen LogP contribution in [0.4, 0.5) is 5.69 Å². The Hall–Kier alpha value is -3.07. The van der Waals surface area contributed by atoms with Crippen LogP contribution in [-0.4, -0.2) is 54.4 Å². The third-order valence-corrected chi connectivity index (χ3v) is 6.26. The number of benzene rings is 2. The molecule has 1 unspecified atom stereocenters. The van der Waals surface area contributed by atoms with E-state index in [0.29, 0.717) is 6.42 Å². The Kier molecular flexibility index (Phi) is 6.41. The highest BCUT2D eigenvalue weighted by atomic mass is 16.3. The maximum Gasteiger partial charge on any atom is 0.0728 e. The van der Waals surface area contributed by atoms with Crippen LogP contribution in [0.2, 0.25) is 0 Å². The Balaban J connectivity index is 1.54. The summed E-state index contributed by atoms with van der Waals surface area (Å²) in [6, 6.07) is 19.8. The normalized spacial score (nSPS) is 16.1. The summed E-state index contributed by atoms with van der Waals surface area (Å²) in [5.41, 5.74) is 4.73. The molecule has 1 saturated heterocycles. The van der Waals surface area contributed by atoms with Crippen LogP contribution in [0.5, 0.6) is 0 Å². The molecule has 0 saturated carbocycles. The smallest absolute Gasteiger partial charge is 0.0728 e. The Morgan fingerprint density at radius 3 is 2.48 bits per heavy atom. The second-order valence-corrected chi connectivity index (χ2v) is 8.39. The molecular formula is C26H30N4O. The van der Waals surface area contributed by atoms with E-state index in [1.807, 2.05) is 12.2 Å². The van der Waals surface area contributed by atoms with Crippen LogP contribution in [0.3, 0.4) is 0 Å². The van der Waals surface area contributed by atoms with Gasteiger partial charge in [0.05, 0.1) is 18.6 Å². The van der Waals surface area contributed by atoms with Gasteiger partial charge in [0, 0.05) is 50.3 Å². The molecule has 4 rings (SSSR count). The first-order chi connectivity index (χ1) is 15.1. The molecule has 1 aromatic heterocycles. The number of allylic oxidation sites excluding steroid dienone is 1. The summed E-state index contributed by atoms with van der Waals surface area (Å²) in [6.07, 6.45) is 4.54. The van der Waals surface area contributed by atoms with Crippen LogP contribution in [0, 0.1) is 17.2 Å². The standard InChI is InChI=1S/C26H30N4O/c1-28-12-14-30(15-13-28)25-9-8-21-16-23(7-6-22(21)17-25)26-11-10-24(29(26)2)5-3-4-20(18-27)19-31/h3,5-11,16-17,20,31H,4,12-15,19H2,1-2H3/b5-3+. The van der Waals surface area contributed by atoms with Crippen molar-refractivity contribution in [1.29, 1.82) is 5.26 Å². The van der Waals surface area contributed by atoms with Crippen LogP contribution in [0.15, 0.2) is 54.6 Å². The van der Waals surface area contributed by atoms with E-state index in [1.54, 1.807) is 0 Å². The lowest BCUT2D eigenvalue weighted by Crippen LogP contribution is -2.44. The van der Waals surface area contributed by atoms with E-state index in [2.05, 4.69) is 83.1 Å². The van der Waals surface area contributed by atoms with Gasteiger partial charge in [0.25, 0.3) is 0 Å². The molecule has 1 atom stereocenters. The van der Waals surface area contributed by atoms with Crippen LogP contribution in [-0.2, 0) is 7.05 Å². The third kappa shape index (κ3) is 4.66. The van der Waals surface area contributed by atoms with Crippen LogP contribution in [0.1, 0.15) is 12.1 Å². The largest absolute Gasteiger partial charge is 0.395 e. The van der Waals surface area contributed by atoms with Gasteiger partial charge in [-0.2, -0.15) is 5.26 Å². The number of aliphatic hydroxyl groups excluding tert-OH is 1. The minimum absolute atomic E-state index is 0.104. The van der Waals surface area contributed by atoms with Crippen molar-refractivity contribution >= 4 is 22.5 Å². The van der Waals surface area contributed by atoms with Crippen molar-refractivity contribution < 1.29 is 5.11 Å². The molecule has 0 bridgehead atoms. The molecule has 1 N–H and O–H groups in total. The number of anilines is 1. The molecule has 2 heterocycles. The van der Waals surface area contributed by atoms with E-state index in [9.17, 15) is 0 Å². The van der Waals surface area contributed by atoms with Gasteiger partial charge in [-0.05, 0) is 66.2 Å². The SMILES string of the molecule is CN1CCN(c2ccc3cc(-c4ccc(/C=C/CC(C#N)CO)n4C)ccc3c2)CC1. The van der Waals surface area contributed by atoms with Crippen molar-refractivity contribution in [2.24, 2.45) is 13.0 Å². The summed E-state index contributed by atoms with van der Waals surface area (Å²) >= 11 is 0. The fourth-order valence-electron chi connectivity index (χ4n) is 4.16. The second kappa shape index (κ2) is 9.38. The molecule has 5 heteroatoms. The minimum atomic E-state index is -0.341. The zero-order valence-corrected chi connectivity index (χ0v) is 18.3. The van der Waals surface area contributed by atoms with Gasteiger partial charge in [0.2, 0.25) is 0 Å². The number of likely N-dealkylation sites (N-methyl/N-ethyl adjacent to an activating group) is 1. The number of rotatable bonds is 6. The van der Waals surface area contributed by atoms with Crippen molar-refractivity contribution in [2.75, 3.05) is 44.7 Å². The number of hydrogen-bond acceptors (Lipinski definition) is 4. The highest BCUT2D eigenvalue weighted by molar-refractivity contribution is 5.89. The van der Waals surface area contributed by atoms with Gasteiger partial charge in [0.15, 0.2) is 0 Å². The van der Waals surface area contributed by atoms with Crippen molar-refractivity contribution in [3.05, 3.63) is 60.3 Å². The van der Waals surface area contributed by atoms with Crippen molar-refractivity contribution in [2.45, 2.75) is 6.42 Å². The molecule has 0 spiro atoms. The molecule has 1 fully saturated rings. The summed E-state index contributed by atoms with van der Waals surface area (Å²) < 4.78 is 2.16. The van der Waals surface area contributed by atoms with Gasteiger partial charge in [-0.1, -0.05) is 24.3 Å². The fraction of sp³-hybridized carbons (Fsp3) is 0.346. The summed E-state index contributed by atoms with van der Waals surface area (Å²) in [5.74, 6) is -0.341. The lowest BCUT2D eigenvalue weighted by atomic mass is 10.0. The van der Waals surface area contributed by atoms with E-state index in [1.165, 1.54) is 22.0 Å². The van der Waals surface area contributed by atoms with Gasteiger partial charge in [0.1, 0.15) is 0 Å². The molecule has 2 aromatic carbocycles. The summed E-state index contributed by atoms with van der Waals surface area (Å²) in [4.78, 5) is 4.85. The summed E-state index contributed by atoms with van der Waals surface area (Å²) in [5, 5.41) is 20.6. The minimum Gasteiger partial charge on any atom is -0.395 e. The first kappa shape index (κ1) is 21.2. The highest BCUT2D eigenvalue weighted by Crippen LogP contribution is 2.29. The zero-order chi connectivity index (χ0) is 21.8. The molecule has 0 amide bonds. The molecule has 0 aliphatic carbocycles. The maximum atomic E-state index is 9.15. The number of aliphatic hydroxyl groups is 1. The van der Waals surface area contributed by atoms with E-state index in [4.69, 9.17) is 10.4 Å². The van der Waals surface area contributed by atoms with Crippen LogP contribution in [0.25, 0.3) is 28.1 Å². The monoisotopic (exact) mass is 414 g/mol. The van der Waals surface area contributed by atoms with E-state index in [-0.39, 0.29) is 12.5 Å². The molecule has 1 aliphatic rings. The first-order valence-electron chi connectivity index (χ1n) is 10.9. The Morgan fingerprint density at radius 1 is 1.00 bits per heavy atom. The number of nitrogens with zero attached hydrogens (tertiary/aromatic N) is 4. The number of hydrogen-bond donors (Lipinski definition) is 1. The molecule has 160 valence electrons. The number of nitriles is 1. The van der Waals surface area contributed by atoms with E-state index in [0.717, 1.165) is 37.6 Å². The number of fused-ring (bicyclic) bond motifs is 1. The average Bonchev–Trinajstić information content (AvgIpc) is 3.16. The van der Waals surface area contributed by atoms with Crippen molar-refractivity contribution in [1.82, 2.24) is 9.47 Å². The quantitative estimate of drug-likeness (QED) is 0.659. The maximum absolute atomic E-state index is 9.15. The van der Waals surface area contributed by atoms with Gasteiger partial charge >= 0.3 is 0 Å².